The van der Waals surface area contributed by atoms with E-state index in [4.69, 9.17) is 11.6 Å². The van der Waals surface area contributed by atoms with E-state index in [-0.39, 0.29) is 11.4 Å². The van der Waals surface area contributed by atoms with Crippen molar-refractivity contribution < 1.29 is 0 Å². The highest BCUT2D eigenvalue weighted by Gasteiger charge is 2.26. The van der Waals surface area contributed by atoms with E-state index >= 15 is 0 Å². The van der Waals surface area contributed by atoms with Gasteiger partial charge in [-0.1, -0.05) is 11.6 Å². The lowest BCUT2D eigenvalue weighted by molar-refractivity contribution is 0.699. The van der Waals surface area contributed by atoms with Gasteiger partial charge in [0.1, 0.15) is 6.07 Å². The van der Waals surface area contributed by atoms with Gasteiger partial charge in [-0.3, -0.25) is 4.79 Å². The number of halogens is 1. The number of fused-ring (bicyclic) bond motifs is 1. The number of allylic oxidation sites excluding steroid dienone is 1. The molecule has 1 N–H and O–H groups in total. The van der Waals surface area contributed by atoms with Crippen molar-refractivity contribution in [2.75, 3.05) is 0 Å². The second kappa shape index (κ2) is 6.15. The Morgan fingerprint density at radius 3 is 2.85 bits per heavy atom. The van der Waals surface area contributed by atoms with E-state index in [1.54, 1.807) is 24.3 Å². The fourth-order valence-corrected chi connectivity index (χ4v) is 3.56. The molecule has 3 aromatic rings. The molecule has 0 spiro atoms. The van der Waals surface area contributed by atoms with Gasteiger partial charge in [-0.15, -0.1) is 0 Å². The summed E-state index contributed by atoms with van der Waals surface area (Å²) in [5.74, 6) is 0.253. The van der Waals surface area contributed by atoms with Crippen LogP contribution in [0.4, 0.5) is 0 Å². The van der Waals surface area contributed by atoms with Crippen molar-refractivity contribution >= 4 is 34.2 Å². The number of aryl methyl sites for hydroxylation is 1. The van der Waals surface area contributed by atoms with E-state index < -0.39 is 0 Å². The van der Waals surface area contributed by atoms with Gasteiger partial charge in [-0.25, -0.2) is 4.98 Å². The molecule has 0 aliphatic heterocycles. The summed E-state index contributed by atoms with van der Waals surface area (Å²) in [4.78, 5) is 19.5. The van der Waals surface area contributed by atoms with E-state index in [0.717, 1.165) is 11.3 Å². The number of aromatic amines is 1. The summed E-state index contributed by atoms with van der Waals surface area (Å²) in [6, 6.07) is 9.71. The van der Waals surface area contributed by atoms with Gasteiger partial charge in [0.15, 0.2) is 5.82 Å². The zero-order valence-electron chi connectivity index (χ0n) is 14.5. The number of nitrogens with zero attached hydrogens (tertiary/aromatic N) is 3. The summed E-state index contributed by atoms with van der Waals surface area (Å²) in [6.45, 7) is 4.13. The number of benzene rings is 1. The van der Waals surface area contributed by atoms with Crippen molar-refractivity contribution in [1.82, 2.24) is 14.5 Å². The van der Waals surface area contributed by atoms with Gasteiger partial charge in [0, 0.05) is 22.5 Å². The molecule has 26 heavy (non-hydrogen) atoms. The molecule has 1 aliphatic rings. The van der Waals surface area contributed by atoms with Gasteiger partial charge in [0.2, 0.25) is 0 Å². The number of H-pyrrole nitrogens is 1. The average Bonchev–Trinajstić information content (AvgIpc) is 3.38. The van der Waals surface area contributed by atoms with Gasteiger partial charge >= 0.3 is 0 Å². The Balaban J connectivity index is 1.84. The van der Waals surface area contributed by atoms with Gasteiger partial charge < -0.3 is 9.55 Å². The number of rotatable bonds is 3. The summed E-state index contributed by atoms with van der Waals surface area (Å²) < 4.78 is 2.32. The maximum Gasteiger partial charge on any atom is 0.259 e. The van der Waals surface area contributed by atoms with Crippen molar-refractivity contribution in [1.29, 1.82) is 5.26 Å². The van der Waals surface area contributed by atoms with Crippen molar-refractivity contribution in [2.24, 2.45) is 0 Å². The third-order valence-electron chi connectivity index (χ3n) is 4.78. The Morgan fingerprint density at radius 1 is 1.38 bits per heavy atom. The number of aromatic nitrogens is 3. The van der Waals surface area contributed by atoms with Gasteiger partial charge in [-0.2, -0.15) is 5.26 Å². The van der Waals surface area contributed by atoms with Crippen LogP contribution >= 0.6 is 11.6 Å². The molecule has 2 heterocycles. The van der Waals surface area contributed by atoms with Crippen LogP contribution in [-0.4, -0.2) is 14.5 Å². The number of nitrogens with one attached hydrogen (secondary N) is 1. The summed E-state index contributed by atoms with van der Waals surface area (Å²) in [6.07, 6.45) is 4.19. The first-order chi connectivity index (χ1) is 12.5. The van der Waals surface area contributed by atoms with E-state index in [1.165, 1.54) is 18.5 Å². The first-order valence-corrected chi connectivity index (χ1v) is 8.86. The number of hydrogen-bond donors (Lipinski definition) is 1. The van der Waals surface area contributed by atoms with Gasteiger partial charge in [-0.05, 0) is 62.6 Å². The van der Waals surface area contributed by atoms with Crippen molar-refractivity contribution in [3.8, 4) is 6.07 Å². The Bertz CT molecular complexity index is 1160. The summed E-state index contributed by atoms with van der Waals surface area (Å²) >= 11 is 6.01. The summed E-state index contributed by atoms with van der Waals surface area (Å²) in [5, 5.41) is 10.6. The Labute approximate surface area is 155 Å². The van der Waals surface area contributed by atoms with Crippen LogP contribution in [0.1, 0.15) is 41.7 Å². The fraction of sp³-hybridized carbons (Fsp3) is 0.250. The third kappa shape index (κ3) is 2.83. The molecule has 5 nitrogen and oxygen atoms in total. The van der Waals surface area contributed by atoms with E-state index in [9.17, 15) is 10.1 Å². The summed E-state index contributed by atoms with van der Waals surface area (Å²) in [7, 11) is 0. The molecular weight excluding hydrogens is 348 g/mol. The zero-order chi connectivity index (χ0) is 18.4. The van der Waals surface area contributed by atoms with Crippen LogP contribution in [0.5, 0.6) is 0 Å². The van der Waals surface area contributed by atoms with Crippen LogP contribution in [0.25, 0.3) is 22.6 Å². The molecular formula is C20H17ClN4O. The first-order valence-electron chi connectivity index (χ1n) is 8.48. The van der Waals surface area contributed by atoms with Crippen LogP contribution in [0.3, 0.4) is 0 Å². The molecule has 130 valence electrons. The lowest BCUT2D eigenvalue weighted by Gasteiger charge is -2.07. The quantitative estimate of drug-likeness (QED) is 0.700. The SMILES string of the molecule is Cc1cc(/C=C(/C#N)c2nc3cc(Cl)ccc3c(=O)[nH]2)c(C)n1C1CC1. The number of hydrogen-bond acceptors (Lipinski definition) is 3. The molecule has 0 atom stereocenters. The van der Waals surface area contributed by atoms with Crippen molar-refractivity contribution in [2.45, 2.75) is 32.7 Å². The van der Waals surface area contributed by atoms with E-state index in [2.05, 4.69) is 40.5 Å². The maximum atomic E-state index is 12.3. The second-order valence-corrected chi connectivity index (χ2v) is 7.11. The highest BCUT2D eigenvalue weighted by atomic mass is 35.5. The van der Waals surface area contributed by atoms with Crippen LogP contribution in [-0.2, 0) is 0 Å². The zero-order valence-corrected chi connectivity index (χ0v) is 15.3. The molecule has 4 rings (SSSR count). The predicted molar refractivity (Wildman–Crippen MR) is 103 cm³/mol. The second-order valence-electron chi connectivity index (χ2n) is 6.67. The van der Waals surface area contributed by atoms with Gasteiger partial charge in [0.05, 0.1) is 16.5 Å². The van der Waals surface area contributed by atoms with Crippen LogP contribution in [0.2, 0.25) is 5.02 Å². The molecule has 0 saturated heterocycles. The molecule has 0 bridgehead atoms. The lowest BCUT2D eigenvalue weighted by atomic mass is 10.1. The monoisotopic (exact) mass is 364 g/mol. The smallest absolute Gasteiger partial charge is 0.259 e. The molecule has 1 aliphatic carbocycles. The summed E-state index contributed by atoms with van der Waals surface area (Å²) in [5.41, 5.74) is 3.79. The molecule has 0 radical (unpaired) electrons. The van der Waals surface area contributed by atoms with Crippen molar-refractivity contribution in [3.05, 3.63) is 62.4 Å². The van der Waals surface area contributed by atoms with Crippen LogP contribution in [0, 0.1) is 25.2 Å². The van der Waals surface area contributed by atoms with E-state index in [1.807, 2.05) is 0 Å². The topological polar surface area (TPSA) is 74.5 Å². The minimum absolute atomic E-state index is 0.253. The molecule has 0 amide bonds. The molecule has 2 aromatic heterocycles. The standard InChI is InChI=1S/C20H17ClN4O/c1-11-7-13(12(2)25(11)16-4-5-16)8-14(10-22)19-23-18-9-15(21)3-6-17(18)20(26)24-19/h3,6-9,16H,4-5H2,1-2H3,(H,23,24,26)/b14-8-. The Morgan fingerprint density at radius 2 is 2.15 bits per heavy atom. The van der Waals surface area contributed by atoms with Crippen molar-refractivity contribution in [3.63, 3.8) is 0 Å². The third-order valence-corrected chi connectivity index (χ3v) is 5.01. The van der Waals surface area contributed by atoms with Gasteiger partial charge in [0.25, 0.3) is 5.56 Å². The average molecular weight is 365 g/mol. The minimum Gasteiger partial charge on any atom is -0.346 e. The molecule has 1 fully saturated rings. The van der Waals surface area contributed by atoms with Crippen LogP contribution < -0.4 is 5.56 Å². The Hall–Kier alpha value is -2.84. The minimum atomic E-state index is -0.286. The normalized spacial score (nSPS) is 14.6. The molecule has 6 heteroatoms. The lowest BCUT2D eigenvalue weighted by Crippen LogP contribution is -2.11. The Kier molecular flexibility index (Phi) is 3.93. The molecule has 0 unspecified atom stereocenters. The predicted octanol–water partition coefficient (Wildman–Crippen LogP) is 4.39. The highest BCUT2D eigenvalue weighted by Crippen LogP contribution is 2.38. The fourth-order valence-electron chi connectivity index (χ4n) is 3.39. The van der Waals surface area contributed by atoms with E-state index in [0.29, 0.717) is 27.5 Å². The highest BCUT2D eigenvalue weighted by molar-refractivity contribution is 6.31. The molecule has 1 saturated carbocycles. The van der Waals surface area contributed by atoms with Crippen LogP contribution in [0.15, 0.2) is 29.1 Å². The number of nitriles is 1. The molecule has 1 aromatic carbocycles. The maximum absolute atomic E-state index is 12.3. The first kappa shape index (κ1) is 16.6. The largest absolute Gasteiger partial charge is 0.346 e.